The van der Waals surface area contributed by atoms with Gasteiger partial charge in [0.05, 0.1) is 17.8 Å². The molecule has 1 unspecified atom stereocenters. The molecular weight excluding hydrogens is 492 g/mol. The molecule has 2 aromatic carbocycles. The van der Waals surface area contributed by atoms with Crippen LogP contribution in [-0.2, 0) is 4.79 Å². The zero-order chi connectivity index (χ0) is 27.2. The van der Waals surface area contributed by atoms with Crippen LogP contribution >= 0.6 is 0 Å². The van der Waals surface area contributed by atoms with Crippen molar-refractivity contribution in [1.29, 1.82) is 5.41 Å². The molecule has 5 rings (SSSR count). The van der Waals surface area contributed by atoms with Crippen LogP contribution in [-0.4, -0.2) is 95.2 Å². The van der Waals surface area contributed by atoms with Gasteiger partial charge in [-0.1, -0.05) is 18.2 Å². The van der Waals surface area contributed by atoms with Crippen molar-refractivity contribution in [1.82, 2.24) is 24.7 Å². The summed E-state index contributed by atoms with van der Waals surface area (Å²) in [4.78, 5) is 28.1. The highest BCUT2D eigenvalue weighted by molar-refractivity contribution is 6.16. The van der Waals surface area contributed by atoms with Crippen LogP contribution < -0.4 is 15.8 Å². The fourth-order valence-electron chi connectivity index (χ4n) is 5.03. The lowest BCUT2D eigenvalue weighted by molar-refractivity contribution is -0.133. The minimum absolute atomic E-state index is 0.0117. The number of nitrogen functional groups attached to an aromatic ring is 1. The number of ether oxygens (including phenoxy) is 1. The fourth-order valence-corrected chi connectivity index (χ4v) is 5.03. The van der Waals surface area contributed by atoms with Crippen molar-refractivity contribution in [3.8, 4) is 11.5 Å². The van der Waals surface area contributed by atoms with Gasteiger partial charge in [0.15, 0.2) is 0 Å². The Kier molecular flexibility index (Phi) is 8.33. The van der Waals surface area contributed by atoms with Gasteiger partial charge >= 0.3 is 0 Å². The summed E-state index contributed by atoms with van der Waals surface area (Å²) >= 11 is 0. The van der Waals surface area contributed by atoms with Crippen molar-refractivity contribution < 1.29 is 9.53 Å². The highest BCUT2D eigenvalue weighted by Gasteiger charge is 2.27. The number of piperazine rings is 1. The van der Waals surface area contributed by atoms with Crippen LogP contribution in [0.3, 0.4) is 0 Å². The summed E-state index contributed by atoms with van der Waals surface area (Å²) in [5.41, 5.74) is 7.61. The number of likely N-dealkylation sites (tertiary alicyclic amines) is 1. The van der Waals surface area contributed by atoms with E-state index in [4.69, 9.17) is 15.9 Å². The van der Waals surface area contributed by atoms with Crippen LogP contribution in [0.1, 0.15) is 24.0 Å². The Bertz CT molecular complexity index is 1280. The van der Waals surface area contributed by atoms with E-state index < -0.39 is 0 Å². The number of amides is 1. The molecule has 1 atom stereocenters. The summed E-state index contributed by atoms with van der Waals surface area (Å²) in [5, 5.41) is 12.4. The molecule has 10 heteroatoms. The van der Waals surface area contributed by atoms with Gasteiger partial charge in [-0.15, -0.1) is 0 Å². The molecular formula is C29H36N8O2. The van der Waals surface area contributed by atoms with Crippen molar-refractivity contribution in [2.24, 2.45) is 0 Å². The molecule has 39 heavy (non-hydrogen) atoms. The predicted octanol–water partition coefficient (Wildman–Crippen LogP) is 2.92. The summed E-state index contributed by atoms with van der Waals surface area (Å²) in [6.45, 7) is 5.63. The topological polar surface area (TPSA) is 124 Å². The second-order valence-corrected chi connectivity index (χ2v) is 10.2. The molecule has 0 bridgehead atoms. The lowest BCUT2D eigenvalue weighted by atomic mass is 10.0. The number of nitrogens with one attached hydrogen (secondary N) is 2. The molecule has 0 radical (unpaired) electrons. The highest BCUT2D eigenvalue weighted by atomic mass is 16.5. The predicted molar refractivity (Wildman–Crippen MR) is 152 cm³/mol. The number of anilines is 2. The Morgan fingerprint density at radius 1 is 1.03 bits per heavy atom. The van der Waals surface area contributed by atoms with Crippen molar-refractivity contribution in [2.75, 3.05) is 63.9 Å². The molecule has 1 aromatic heterocycles. The first-order valence-electron chi connectivity index (χ1n) is 13.4. The molecule has 204 valence electrons. The number of hydrogen-bond donors (Lipinski definition) is 3. The Morgan fingerprint density at radius 2 is 1.74 bits per heavy atom. The number of nitrogens with two attached hydrogens (primary N) is 1. The molecule has 0 saturated carbocycles. The molecule has 3 aromatic rings. The third kappa shape index (κ3) is 6.71. The summed E-state index contributed by atoms with van der Waals surface area (Å²) in [7, 11) is 2.11. The lowest BCUT2D eigenvalue weighted by Gasteiger charge is -2.37. The highest BCUT2D eigenvalue weighted by Crippen LogP contribution is 2.26. The number of para-hydroxylation sites is 1. The minimum Gasteiger partial charge on any atom is -0.457 e. The third-order valence-electron chi connectivity index (χ3n) is 7.32. The minimum atomic E-state index is 0.0117. The van der Waals surface area contributed by atoms with Gasteiger partial charge in [-0.2, -0.15) is 0 Å². The first-order valence-corrected chi connectivity index (χ1v) is 13.4. The number of rotatable bonds is 8. The fraction of sp³-hybridized carbons (Fsp3) is 0.379. The number of likely N-dealkylation sites (N-methyl/N-ethyl adjacent to an activating group) is 1. The Morgan fingerprint density at radius 3 is 2.49 bits per heavy atom. The van der Waals surface area contributed by atoms with E-state index in [-0.39, 0.29) is 23.5 Å². The molecule has 2 fully saturated rings. The van der Waals surface area contributed by atoms with Crippen molar-refractivity contribution in [3.63, 3.8) is 0 Å². The van der Waals surface area contributed by atoms with E-state index >= 15 is 0 Å². The van der Waals surface area contributed by atoms with Gasteiger partial charge in [0, 0.05) is 50.9 Å². The van der Waals surface area contributed by atoms with E-state index in [0.717, 1.165) is 51.3 Å². The average molecular weight is 529 g/mol. The number of piperidine rings is 1. The Balaban J connectivity index is 1.24. The lowest BCUT2D eigenvalue weighted by Crippen LogP contribution is -2.52. The second-order valence-electron chi connectivity index (χ2n) is 10.2. The van der Waals surface area contributed by atoms with Gasteiger partial charge in [0.25, 0.3) is 0 Å². The van der Waals surface area contributed by atoms with E-state index in [0.29, 0.717) is 35.8 Å². The quantitative estimate of drug-likeness (QED) is 0.382. The van der Waals surface area contributed by atoms with Gasteiger partial charge < -0.3 is 25.6 Å². The monoisotopic (exact) mass is 528 g/mol. The van der Waals surface area contributed by atoms with E-state index in [1.165, 1.54) is 6.33 Å². The van der Waals surface area contributed by atoms with Gasteiger partial charge in [0.1, 0.15) is 29.5 Å². The maximum Gasteiger partial charge on any atom is 0.236 e. The molecule has 3 heterocycles. The molecule has 2 aliphatic rings. The summed E-state index contributed by atoms with van der Waals surface area (Å²) in [6, 6.07) is 16.9. The SMILES string of the molecule is CN1CCN(CC(=O)N2CCCC(Nc3ncnc(N)c3C(=N)c3ccc(Oc4ccccc4)cc3)C2)CC1. The number of carbonyl (C=O) groups is 1. The Hall–Kier alpha value is -4.02. The number of aromatic nitrogens is 2. The average Bonchev–Trinajstić information content (AvgIpc) is 2.95. The first-order chi connectivity index (χ1) is 19.0. The van der Waals surface area contributed by atoms with Crippen LogP contribution in [0.25, 0.3) is 0 Å². The van der Waals surface area contributed by atoms with Crippen LogP contribution in [0.4, 0.5) is 11.6 Å². The van der Waals surface area contributed by atoms with Crippen molar-refractivity contribution in [3.05, 3.63) is 72.1 Å². The van der Waals surface area contributed by atoms with E-state index in [1.54, 1.807) is 0 Å². The molecule has 4 N–H and O–H groups in total. The molecule has 2 aliphatic heterocycles. The van der Waals surface area contributed by atoms with Gasteiger partial charge in [-0.3, -0.25) is 15.1 Å². The van der Waals surface area contributed by atoms with E-state index in [1.807, 2.05) is 59.5 Å². The smallest absolute Gasteiger partial charge is 0.236 e. The third-order valence-corrected chi connectivity index (χ3v) is 7.32. The zero-order valence-corrected chi connectivity index (χ0v) is 22.3. The van der Waals surface area contributed by atoms with Gasteiger partial charge in [-0.05, 0) is 56.3 Å². The normalized spacial score (nSPS) is 18.5. The summed E-state index contributed by atoms with van der Waals surface area (Å²) < 4.78 is 5.88. The molecule has 10 nitrogen and oxygen atoms in total. The van der Waals surface area contributed by atoms with Crippen LogP contribution in [0.2, 0.25) is 0 Å². The standard InChI is InChI=1S/C29H36N8O2/c1-35-14-16-36(17-15-35)19-25(38)37-13-5-6-22(18-37)34-29-26(28(31)32-20-33-29)27(30)21-9-11-24(12-10-21)39-23-7-3-2-4-8-23/h2-4,7-12,20,22,30H,5-6,13-19H2,1H3,(H3,31,32,33,34). The number of hydrogen-bond acceptors (Lipinski definition) is 9. The molecule has 0 aliphatic carbocycles. The van der Waals surface area contributed by atoms with Gasteiger partial charge in [0.2, 0.25) is 5.91 Å². The summed E-state index contributed by atoms with van der Waals surface area (Å²) in [5.74, 6) is 2.34. The van der Waals surface area contributed by atoms with Gasteiger partial charge in [-0.25, -0.2) is 9.97 Å². The molecule has 0 spiro atoms. The van der Waals surface area contributed by atoms with Crippen LogP contribution in [0.15, 0.2) is 60.9 Å². The van der Waals surface area contributed by atoms with Crippen molar-refractivity contribution in [2.45, 2.75) is 18.9 Å². The van der Waals surface area contributed by atoms with Crippen molar-refractivity contribution >= 4 is 23.3 Å². The number of carbonyl (C=O) groups excluding carboxylic acids is 1. The number of nitrogens with zero attached hydrogens (tertiary/aromatic N) is 5. The molecule has 2 saturated heterocycles. The largest absolute Gasteiger partial charge is 0.457 e. The van der Waals surface area contributed by atoms with E-state index in [2.05, 4.69) is 32.1 Å². The summed E-state index contributed by atoms with van der Waals surface area (Å²) in [6.07, 6.45) is 3.22. The maximum absolute atomic E-state index is 13.1. The maximum atomic E-state index is 13.1. The first kappa shape index (κ1) is 26.6. The second kappa shape index (κ2) is 12.2. The molecule has 1 amide bonds. The number of benzene rings is 2. The van der Waals surface area contributed by atoms with E-state index in [9.17, 15) is 4.79 Å². The zero-order valence-electron chi connectivity index (χ0n) is 22.3. The van der Waals surface area contributed by atoms with Crippen LogP contribution in [0, 0.1) is 5.41 Å². The van der Waals surface area contributed by atoms with Crippen LogP contribution in [0.5, 0.6) is 11.5 Å². The Labute approximate surface area is 229 Å².